The van der Waals surface area contributed by atoms with E-state index in [-0.39, 0.29) is 5.78 Å². The van der Waals surface area contributed by atoms with Gasteiger partial charge < -0.3 is 4.90 Å². The quantitative estimate of drug-likeness (QED) is 0.868. The van der Waals surface area contributed by atoms with Crippen LogP contribution in [0.5, 0.6) is 0 Å². The molecule has 0 spiro atoms. The lowest BCUT2D eigenvalue weighted by Crippen LogP contribution is -2.22. The van der Waals surface area contributed by atoms with Crippen molar-refractivity contribution in [3.63, 3.8) is 0 Å². The van der Waals surface area contributed by atoms with Gasteiger partial charge in [0.15, 0.2) is 0 Å². The Morgan fingerprint density at radius 1 is 1.27 bits per heavy atom. The fourth-order valence-corrected chi connectivity index (χ4v) is 4.65. The van der Waals surface area contributed by atoms with Gasteiger partial charge in [-0.1, -0.05) is 0 Å². The van der Waals surface area contributed by atoms with E-state index in [4.69, 9.17) is 9.97 Å². The predicted molar refractivity (Wildman–Crippen MR) is 89.9 cm³/mol. The van der Waals surface area contributed by atoms with E-state index < -0.39 is 0 Å². The molecule has 4 nitrogen and oxygen atoms in total. The first kappa shape index (κ1) is 14.1. The van der Waals surface area contributed by atoms with Crippen molar-refractivity contribution in [3.05, 3.63) is 16.3 Å². The Kier molecular flexibility index (Phi) is 3.40. The summed E-state index contributed by atoms with van der Waals surface area (Å²) in [6.07, 6.45) is 7.69. The molecule has 2 aromatic heterocycles. The number of nitrogens with zero attached hydrogens (tertiary/aromatic N) is 3. The molecule has 2 aliphatic carbocycles. The first-order chi connectivity index (χ1) is 10.6. The molecule has 1 saturated carbocycles. The van der Waals surface area contributed by atoms with Crippen LogP contribution in [0.1, 0.15) is 48.9 Å². The smallest absolute Gasteiger partial charge is 0.141 e. The second-order valence-corrected chi connectivity index (χ2v) is 7.66. The molecule has 5 heteroatoms. The fourth-order valence-electron chi connectivity index (χ4n) is 3.37. The summed E-state index contributed by atoms with van der Waals surface area (Å²) < 4.78 is 0. The van der Waals surface area contributed by atoms with Crippen LogP contribution in [-0.4, -0.2) is 28.8 Å². The first-order valence-corrected chi connectivity index (χ1v) is 8.98. The molecule has 0 aromatic carbocycles. The molecule has 0 atom stereocenters. The maximum Gasteiger partial charge on any atom is 0.141 e. The highest BCUT2D eigenvalue weighted by Gasteiger charge is 2.31. The monoisotopic (exact) mass is 315 g/mol. The number of fused-ring (bicyclic) bond motifs is 3. The highest BCUT2D eigenvalue weighted by Crippen LogP contribution is 2.41. The number of hydrogen-bond acceptors (Lipinski definition) is 5. The number of carbonyl (C=O) groups is 1. The Morgan fingerprint density at radius 3 is 2.77 bits per heavy atom. The van der Waals surface area contributed by atoms with Crippen LogP contribution in [0.25, 0.3) is 10.2 Å². The van der Waals surface area contributed by atoms with Crippen LogP contribution in [0.15, 0.2) is 0 Å². The number of hydrogen-bond donors (Lipinski definition) is 0. The van der Waals surface area contributed by atoms with Crippen LogP contribution in [0, 0.1) is 0 Å². The number of ketones is 1. The van der Waals surface area contributed by atoms with E-state index in [1.54, 1.807) is 6.92 Å². The number of anilines is 1. The minimum absolute atomic E-state index is 0.126. The highest BCUT2D eigenvalue weighted by molar-refractivity contribution is 7.19. The number of aryl methyl sites for hydroxylation is 2. The third-order valence-corrected chi connectivity index (χ3v) is 5.86. The van der Waals surface area contributed by atoms with Crippen molar-refractivity contribution in [3.8, 4) is 0 Å². The fraction of sp³-hybridized carbons (Fsp3) is 0.588. The van der Waals surface area contributed by atoms with Crippen LogP contribution in [0.3, 0.4) is 0 Å². The van der Waals surface area contributed by atoms with Gasteiger partial charge in [0.1, 0.15) is 22.3 Å². The average molecular weight is 315 g/mol. The van der Waals surface area contributed by atoms with Crippen molar-refractivity contribution >= 4 is 33.2 Å². The van der Waals surface area contributed by atoms with Crippen LogP contribution in [0.2, 0.25) is 0 Å². The molecule has 0 amide bonds. The van der Waals surface area contributed by atoms with E-state index in [0.29, 0.717) is 18.3 Å². The summed E-state index contributed by atoms with van der Waals surface area (Å²) in [6, 6.07) is 0.613. The minimum Gasteiger partial charge on any atom is -0.356 e. The van der Waals surface area contributed by atoms with E-state index in [0.717, 1.165) is 17.1 Å². The third-order valence-electron chi connectivity index (χ3n) is 4.68. The summed E-state index contributed by atoms with van der Waals surface area (Å²) in [4.78, 5) is 25.9. The lowest BCUT2D eigenvalue weighted by Gasteiger charge is -2.20. The van der Waals surface area contributed by atoms with Crippen molar-refractivity contribution in [1.29, 1.82) is 0 Å². The summed E-state index contributed by atoms with van der Waals surface area (Å²) in [6.45, 7) is 1.61. The molecule has 22 heavy (non-hydrogen) atoms. The van der Waals surface area contributed by atoms with Gasteiger partial charge in [0.05, 0.1) is 11.8 Å². The standard InChI is InChI=1S/C17H21N3OS/c1-10(21)9-14-18-16(20(2)11-7-8-11)15-12-5-3-4-6-13(12)22-17(15)19-14/h11H,3-9H2,1-2H3. The Hall–Kier alpha value is -1.49. The molecule has 0 saturated heterocycles. The second kappa shape index (κ2) is 5.30. The van der Waals surface area contributed by atoms with E-state index in [1.165, 1.54) is 47.9 Å². The lowest BCUT2D eigenvalue weighted by atomic mass is 9.97. The summed E-state index contributed by atoms with van der Waals surface area (Å²) in [7, 11) is 2.14. The normalized spacial score (nSPS) is 17.5. The van der Waals surface area contributed by atoms with Crippen molar-refractivity contribution in [1.82, 2.24) is 9.97 Å². The highest BCUT2D eigenvalue weighted by atomic mass is 32.1. The number of Topliss-reactive ketones (excluding diaryl/α,β-unsaturated/α-hetero) is 1. The average Bonchev–Trinajstić information content (AvgIpc) is 3.26. The number of aromatic nitrogens is 2. The molecule has 4 rings (SSSR count). The zero-order chi connectivity index (χ0) is 15.3. The molecular weight excluding hydrogens is 294 g/mol. The molecule has 1 fully saturated rings. The van der Waals surface area contributed by atoms with Crippen LogP contribution >= 0.6 is 11.3 Å². The van der Waals surface area contributed by atoms with Gasteiger partial charge in [-0.3, -0.25) is 4.79 Å². The molecule has 2 aromatic rings. The molecule has 0 radical (unpaired) electrons. The third kappa shape index (κ3) is 2.41. The Balaban J connectivity index is 1.90. The van der Waals surface area contributed by atoms with Gasteiger partial charge in [0, 0.05) is 18.0 Å². The van der Waals surface area contributed by atoms with Crippen molar-refractivity contribution < 1.29 is 4.79 Å². The summed E-state index contributed by atoms with van der Waals surface area (Å²) >= 11 is 1.82. The molecule has 0 N–H and O–H groups in total. The van der Waals surface area contributed by atoms with Crippen LogP contribution in [-0.2, 0) is 24.1 Å². The molecular formula is C17H21N3OS. The van der Waals surface area contributed by atoms with E-state index >= 15 is 0 Å². The topological polar surface area (TPSA) is 46.1 Å². The first-order valence-electron chi connectivity index (χ1n) is 8.17. The maximum atomic E-state index is 11.5. The summed E-state index contributed by atoms with van der Waals surface area (Å²) in [5.41, 5.74) is 1.48. The summed E-state index contributed by atoms with van der Waals surface area (Å²) in [5.74, 6) is 1.87. The number of carbonyl (C=O) groups excluding carboxylic acids is 1. The van der Waals surface area contributed by atoms with E-state index in [1.807, 2.05) is 11.3 Å². The zero-order valence-electron chi connectivity index (χ0n) is 13.2. The zero-order valence-corrected chi connectivity index (χ0v) is 14.0. The summed E-state index contributed by atoms with van der Waals surface area (Å²) in [5, 5.41) is 1.27. The Bertz CT molecular complexity index is 748. The minimum atomic E-state index is 0.126. The van der Waals surface area contributed by atoms with Crippen molar-refractivity contribution in [2.45, 2.75) is 57.9 Å². The molecule has 0 unspecified atom stereocenters. The van der Waals surface area contributed by atoms with Gasteiger partial charge in [0.2, 0.25) is 0 Å². The van der Waals surface area contributed by atoms with Crippen LogP contribution in [0.4, 0.5) is 5.82 Å². The lowest BCUT2D eigenvalue weighted by molar-refractivity contribution is -0.116. The number of rotatable bonds is 4. The van der Waals surface area contributed by atoms with Gasteiger partial charge >= 0.3 is 0 Å². The SMILES string of the molecule is CC(=O)Cc1nc(N(C)C2CC2)c2c3c(sc2n1)CCCC3. The molecule has 116 valence electrons. The van der Waals surface area contributed by atoms with Crippen molar-refractivity contribution in [2.75, 3.05) is 11.9 Å². The van der Waals surface area contributed by atoms with Gasteiger partial charge in [-0.2, -0.15) is 0 Å². The molecule has 0 bridgehead atoms. The van der Waals surface area contributed by atoms with Gasteiger partial charge in [0.25, 0.3) is 0 Å². The van der Waals surface area contributed by atoms with Gasteiger partial charge in [-0.05, 0) is 51.0 Å². The van der Waals surface area contributed by atoms with Gasteiger partial charge in [-0.15, -0.1) is 11.3 Å². The molecule has 0 aliphatic heterocycles. The Morgan fingerprint density at radius 2 is 2.05 bits per heavy atom. The van der Waals surface area contributed by atoms with Crippen LogP contribution < -0.4 is 4.90 Å². The molecule has 2 aliphatic rings. The van der Waals surface area contributed by atoms with E-state index in [9.17, 15) is 4.79 Å². The van der Waals surface area contributed by atoms with Crippen molar-refractivity contribution in [2.24, 2.45) is 0 Å². The number of thiophene rings is 1. The molecule has 2 heterocycles. The largest absolute Gasteiger partial charge is 0.356 e. The second-order valence-electron chi connectivity index (χ2n) is 6.58. The Labute approximate surface area is 134 Å². The van der Waals surface area contributed by atoms with E-state index in [2.05, 4.69) is 11.9 Å². The maximum absolute atomic E-state index is 11.5. The predicted octanol–water partition coefficient (Wildman–Crippen LogP) is 3.30. The van der Waals surface area contributed by atoms with Gasteiger partial charge in [-0.25, -0.2) is 9.97 Å².